The van der Waals surface area contributed by atoms with Crippen LogP contribution in [0.25, 0.3) is 0 Å². The number of furan rings is 1. The molecule has 3 amide bonds. The predicted octanol–water partition coefficient (Wildman–Crippen LogP) is 4.20. The predicted molar refractivity (Wildman–Crippen MR) is 118 cm³/mol. The van der Waals surface area contributed by atoms with E-state index in [9.17, 15) is 9.59 Å². The maximum atomic E-state index is 13.0. The molecule has 30 heavy (non-hydrogen) atoms. The van der Waals surface area contributed by atoms with E-state index in [0.717, 1.165) is 29.8 Å². The molecule has 0 radical (unpaired) electrons. The van der Waals surface area contributed by atoms with E-state index in [4.69, 9.17) is 4.42 Å². The van der Waals surface area contributed by atoms with Crippen LogP contribution in [0.2, 0.25) is 0 Å². The monoisotopic (exact) mass is 412 g/mol. The Bertz CT molecular complexity index is 880. The SMILES string of the molecule is CN(C)c1ccc(NC(=O)C2CC2)cc1CN(Cc1ccco1)C(=O)NC(C)(C)C. The summed E-state index contributed by atoms with van der Waals surface area (Å²) in [6.45, 7) is 6.59. The summed E-state index contributed by atoms with van der Waals surface area (Å²) in [6, 6.07) is 9.34. The summed E-state index contributed by atoms with van der Waals surface area (Å²) in [4.78, 5) is 28.9. The van der Waals surface area contributed by atoms with Crippen molar-refractivity contribution in [3.05, 3.63) is 47.9 Å². The lowest BCUT2D eigenvalue weighted by Gasteiger charge is -2.29. The molecule has 7 heteroatoms. The van der Waals surface area contributed by atoms with Crippen molar-refractivity contribution in [1.29, 1.82) is 0 Å². The number of rotatable bonds is 7. The first-order valence-corrected chi connectivity index (χ1v) is 10.3. The van der Waals surface area contributed by atoms with Crippen LogP contribution in [0.1, 0.15) is 44.9 Å². The van der Waals surface area contributed by atoms with Gasteiger partial charge in [0.25, 0.3) is 0 Å². The smallest absolute Gasteiger partial charge is 0.318 e. The number of hydrogen-bond acceptors (Lipinski definition) is 4. The molecule has 1 fully saturated rings. The minimum Gasteiger partial charge on any atom is -0.467 e. The molecule has 1 aliphatic carbocycles. The Balaban J connectivity index is 1.86. The number of anilines is 2. The zero-order valence-electron chi connectivity index (χ0n) is 18.5. The highest BCUT2D eigenvalue weighted by atomic mass is 16.3. The van der Waals surface area contributed by atoms with E-state index in [1.807, 2.05) is 70.1 Å². The minimum atomic E-state index is -0.358. The highest BCUT2D eigenvalue weighted by Crippen LogP contribution is 2.31. The van der Waals surface area contributed by atoms with Crippen molar-refractivity contribution in [1.82, 2.24) is 10.2 Å². The Morgan fingerprint density at radius 1 is 1.13 bits per heavy atom. The van der Waals surface area contributed by atoms with Crippen LogP contribution in [-0.4, -0.2) is 36.5 Å². The fourth-order valence-electron chi connectivity index (χ4n) is 3.21. The van der Waals surface area contributed by atoms with Crippen LogP contribution in [0.5, 0.6) is 0 Å². The molecule has 2 N–H and O–H groups in total. The molecule has 7 nitrogen and oxygen atoms in total. The van der Waals surface area contributed by atoms with E-state index in [0.29, 0.717) is 18.8 Å². The summed E-state index contributed by atoms with van der Waals surface area (Å²) < 4.78 is 5.48. The molecule has 1 aromatic carbocycles. The van der Waals surface area contributed by atoms with Crippen LogP contribution in [0.3, 0.4) is 0 Å². The second-order valence-electron chi connectivity index (χ2n) is 9.12. The second-order valence-corrected chi connectivity index (χ2v) is 9.12. The number of nitrogens with zero attached hydrogens (tertiary/aromatic N) is 2. The minimum absolute atomic E-state index is 0.0662. The summed E-state index contributed by atoms with van der Waals surface area (Å²) in [5.41, 5.74) is 2.33. The molecule has 0 aliphatic heterocycles. The average molecular weight is 413 g/mol. The molecule has 0 saturated heterocycles. The molecule has 3 rings (SSSR count). The summed E-state index contributed by atoms with van der Waals surface area (Å²) in [5.74, 6) is 0.912. The largest absolute Gasteiger partial charge is 0.467 e. The molecule has 162 valence electrons. The fraction of sp³-hybridized carbons (Fsp3) is 0.478. The van der Waals surface area contributed by atoms with Gasteiger partial charge in [-0.2, -0.15) is 0 Å². The van der Waals surface area contributed by atoms with E-state index in [2.05, 4.69) is 10.6 Å². The van der Waals surface area contributed by atoms with Gasteiger partial charge in [0.05, 0.1) is 19.4 Å². The van der Waals surface area contributed by atoms with Gasteiger partial charge in [-0.25, -0.2) is 4.79 Å². The van der Waals surface area contributed by atoms with Gasteiger partial charge < -0.3 is 24.9 Å². The molecule has 2 aromatic rings. The zero-order chi connectivity index (χ0) is 21.9. The first kappa shape index (κ1) is 21.7. The molecule has 1 aromatic heterocycles. The molecule has 1 heterocycles. The van der Waals surface area contributed by atoms with E-state index in [-0.39, 0.29) is 23.4 Å². The van der Waals surface area contributed by atoms with Crippen LogP contribution in [0.4, 0.5) is 16.2 Å². The van der Waals surface area contributed by atoms with Crippen molar-refractivity contribution in [2.45, 2.75) is 52.2 Å². The van der Waals surface area contributed by atoms with Gasteiger partial charge in [0.15, 0.2) is 0 Å². The standard InChI is InChI=1S/C23H32N4O3/c1-23(2,3)25-22(29)27(15-19-7-6-12-30-19)14-17-13-18(10-11-20(17)26(4)5)24-21(28)16-8-9-16/h6-7,10-13,16H,8-9,14-15H2,1-5H3,(H,24,28)(H,25,29). The van der Waals surface area contributed by atoms with Crippen molar-refractivity contribution in [2.75, 3.05) is 24.3 Å². The lowest BCUT2D eigenvalue weighted by molar-refractivity contribution is -0.117. The van der Waals surface area contributed by atoms with Crippen LogP contribution < -0.4 is 15.5 Å². The highest BCUT2D eigenvalue weighted by Gasteiger charge is 2.30. The first-order chi connectivity index (χ1) is 14.1. The lowest BCUT2D eigenvalue weighted by Crippen LogP contribution is -2.48. The summed E-state index contributed by atoms with van der Waals surface area (Å²) in [6.07, 6.45) is 3.52. The summed E-state index contributed by atoms with van der Waals surface area (Å²) in [5, 5.41) is 6.03. The number of urea groups is 1. The van der Waals surface area contributed by atoms with Crippen LogP contribution >= 0.6 is 0 Å². The van der Waals surface area contributed by atoms with Crippen molar-refractivity contribution < 1.29 is 14.0 Å². The third-order valence-corrected chi connectivity index (χ3v) is 4.83. The normalized spacial score (nSPS) is 13.6. The van der Waals surface area contributed by atoms with Gasteiger partial charge in [-0.3, -0.25) is 4.79 Å². The van der Waals surface area contributed by atoms with Gasteiger partial charge in [0.2, 0.25) is 5.91 Å². The van der Waals surface area contributed by atoms with E-state index in [1.165, 1.54) is 0 Å². The molecule has 0 bridgehead atoms. The van der Waals surface area contributed by atoms with Gasteiger partial charge in [-0.1, -0.05) is 0 Å². The third-order valence-electron chi connectivity index (χ3n) is 4.83. The highest BCUT2D eigenvalue weighted by molar-refractivity contribution is 5.94. The number of hydrogen-bond donors (Lipinski definition) is 2. The number of carbonyl (C=O) groups excluding carboxylic acids is 2. The van der Waals surface area contributed by atoms with E-state index >= 15 is 0 Å². The molecule has 0 atom stereocenters. The zero-order valence-corrected chi connectivity index (χ0v) is 18.5. The van der Waals surface area contributed by atoms with Crippen molar-refractivity contribution in [3.63, 3.8) is 0 Å². The maximum absolute atomic E-state index is 13.0. The molecular weight excluding hydrogens is 380 g/mol. The van der Waals surface area contributed by atoms with Crippen LogP contribution in [0, 0.1) is 5.92 Å². The first-order valence-electron chi connectivity index (χ1n) is 10.3. The Morgan fingerprint density at radius 3 is 2.43 bits per heavy atom. The molecule has 0 spiro atoms. The number of benzene rings is 1. The Kier molecular flexibility index (Phi) is 6.39. The number of nitrogens with one attached hydrogen (secondary N) is 2. The fourth-order valence-corrected chi connectivity index (χ4v) is 3.21. The number of carbonyl (C=O) groups is 2. The van der Waals surface area contributed by atoms with Crippen LogP contribution in [-0.2, 0) is 17.9 Å². The summed E-state index contributed by atoms with van der Waals surface area (Å²) in [7, 11) is 3.93. The Labute approximate surface area is 178 Å². The number of amides is 3. The van der Waals surface area contributed by atoms with Gasteiger partial charge in [-0.15, -0.1) is 0 Å². The molecule has 1 aliphatic rings. The van der Waals surface area contributed by atoms with Crippen molar-refractivity contribution in [2.24, 2.45) is 5.92 Å². The Morgan fingerprint density at radius 2 is 1.87 bits per heavy atom. The lowest BCUT2D eigenvalue weighted by atomic mass is 10.1. The van der Waals surface area contributed by atoms with Gasteiger partial charge in [0.1, 0.15) is 5.76 Å². The van der Waals surface area contributed by atoms with Gasteiger partial charge >= 0.3 is 6.03 Å². The van der Waals surface area contributed by atoms with Crippen molar-refractivity contribution >= 4 is 23.3 Å². The quantitative estimate of drug-likeness (QED) is 0.714. The maximum Gasteiger partial charge on any atom is 0.318 e. The van der Waals surface area contributed by atoms with E-state index in [1.54, 1.807) is 11.2 Å². The van der Waals surface area contributed by atoms with Gasteiger partial charge in [0, 0.05) is 36.9 Å². The molecule has 0 unspecified atom stereocenters. The van der Waals surface area contributed by atoms with Gasteiger partial charge in [-0.05, 0) is 69.5 Å². The van der Waals surface area contributed by atoms with E-state index < -0.39 is 0 Å². The third kappa shape index (κ3) is 6.02. The second kappa shape index (κ2) is 8.81. The molecular formula is C23H32N4O3. The summed E-state index contributed by atoms with van der Waals surface area (Å²) >= 11 is 0. The van der Waals surface area contributed by atoms with Crippen LogP contribution in [0.15, 0.2) is 41.0 Å². The van der Waals surface area contributed by atoms with Crippen molar-refractivity contribution in [3.8, 4) is 0 Å². The average Bonchev–Trinajstić information content (AvgIpc) is 3.37. The Hall–Kier alpha value is -2.96. The topological polar surface area (TPSA) is 77.8 Å². The molecule has 1 saturated carbocycles.